The topological polar surface area (TPSA) is 59.0 Å². The largest absolute Gasteiger partial charge is 0.494 e. The van der Waals surface area contributed by atoms with Gasteiger partial charge in [-0.05, 0) is 30.3 Å². The first-order valence-corrected chi connectivity index (χ1v) is 7.46. The number of ether oxygens (including phenoxy) is 1. The second kappa shape index (κ2) is 6.76. The Kier molecular flexibility index (Phi) is 5.01. The number of aromatic amines is 1. The Morgan fingerprint density at radius 3 is 2.90 bits per heavy atom. The lowest BCUT2D eigenvalue weighted by Crippen LogP contribution is -2.28. The van der Waals surface area contributed by atoms with Gasteiger partial charge in [0, 0.05) is 19.5 Å². The Morgan fingerprint density at radius 2 is 2.24 bits per heavy atom. The van der Waals surface area contributed by atoms with E-state index >= 15 is 0 Å². The van der Waals surface area contributed by atoms with E-state index in [0.717, 1.165) is 16.8 Å². The van der Waals surface area contributed by atoms with Gasteiger partial charge in [0.2, 0.25) is 5.91 Å². The number of amides is 1. The molecule has 1 amide bonds. The first kappa shape index (κ1) is 15.6. The molecule has 0 fully saturated rings. The number of rotatable bonds is 6. The molecule has 0 radical (unpaired) electrons. The zero-order valence-electron chi connectivity index (χ0n) is 12.6. The number of imidazole rings is 1. The standard InChI is InChI=1S/C15H21N3O2S/c1-10(2)9-16-13(19)7-8-18-11-5-4-6-12(20-3)14(11)17-15(18)21/h4-6,10H,7-9H2,1-3H3,(H,16,19)(H,17,21). The number of aromatic nitrogens is 2. The number of benzene rings is 1. The summed E-state index contributed by atoms with van der Waals surface area (Å²) in [6.07, 6.45) is 0.408. The van der Waals surface area contributed by atoms with Gasteiger partial charge in [0.05, 0.1) is 12.6 Å². The van der Waals surface area contributed by atoms with E-state index < -0.39 is 0 Å². The maximum Gasteiger partial charge on any atom is 0.221 e. The summed E-state index contributed by atoms with van der Waals surface area (Å²) in [4.78, 5) is 15.0. The van der Waals surface area contributed by atoms with Crippen LogP contribution in [0.1, 0.15) is 20.3 Å². The first-order chi connectivity index (χ1) is 10.0. The molecule has 0 atom stereocenters. The van der Waals surface area contributed by atoms with Crippen LogP contribution >= 0.6 is 12.2 Å². The van der Waals surface area contributed by atoms with Crippen LogP contribution in [-0.2, 0) is 11.3 Å². The van der Waals surface area contributed by atoms with E-state index in [2.05, 4.69) is 24.1 Å². The number of para-hydroxylation sites is 1. The maximum absolute atomic E-state index is 11.8. The highest BCUT2D eigenvalue weighted by molar-refractivity contribution is 7.71. The molecule has 0 saturated heterocycles. The van der Waals surface area contributed by atoms with Gasteiger partial charge in [-0.25, -0.2) is 0 Å². The van der Waals surface area contributed by atoms with Crippen molar-refractivity contribution in [1.82, 2.24) is 14.9 Å². The number of H-pyrrole nitrogens is 1. The highest BCUT2D eigenvalue weighted by atomic mass is 32.1. The summed E-state index contributed by atoms with van der Waals surface area (Å²) < 4.78 is 7.85. The number of carbonyl (C=O) groups excluding carboxylic acids is 1. The maximum atomic E-state index is 11.8. The van der Waals surface area contributed by atoms with Crippen molar-refractivity contribution in [3.8, 4) is 5.75 Å². The van der Waals surface area contributed by atoms with Gasteiger partial charge in [-0.3, -0.25) is 4.79 Å². The SMILES string of the molecule is COc1cccc2c1[nH]c(=S)n2CCC(=O)NCC(C)C. The molecule has 6 heteroatoms. The number of carbonyl (C=O) groups is 1. The van der Waals surface area contributed by atoms with Crippen LogP contribution in [0.4, 0.5) is 0 Å². The zero-order chi connectivity index (χ0) is 15.4. The molecule has 0 saturated carbocycles. The van der Waals surface area contributed by atoms with Gasteiger partial charge in [-0.1, -0.05) is 19.9 Å². The number of methoxy groups -OCH3 is 1. The molecular formula is C15H21N3O2S. The molecule has 114 valence electrons. The molecular weight excluding hydrogens is 286 g/mol. The smallest absolute Gasteiger partial charge is 0.221 e. The van der Waals surface area contributed by atoms with E-state index in [1.165, 1.54) is 0 Å². The lowest BCUT2D eigenvalue weighted by atomic mass is 10.2. The summed E-state index contributed by atoms with van der Waals surface area (Å²) in [7, 11) is 1.63. The molecule has 5 nitrogen and oxygen atoms in total. The summed E-state index contributed by atoms with van der Waals surface area (Å²) in [5.41, 5.74) is 1.82. The third-order valence-electron chi connectivity index (χ3n) is 3.26. The van der Waals surface area contributed by atoms with Crippen LogP contribution in [-0.4, -0.2) is 29.1 Å². The summed E-state index contributed by atoms with van der Waals surface area (Å²) in [5, 5.41) is 2.91. The molecule has 2 N–H and O–H groups in total. The highest BCUT2D eigenvalue weighted by Crippen LogP contribution is 2.24. The summed E-state index contributed by atoms with van der Waals surface area (Å²) in [5.74, 6) is 1.25. The lowest BCUT2D eigenvalue weighted by Gasteiger charge is -2.08. The van der Waals surface area contributed by atoms with Gasteiger partial charge in [-0.2, -0.15) is 0 Å². The molecule has 0 spiro atoms. The van der Waals surface area contributed by atoms with Crippen molar-refractivity contribution in [2.45, 2.75) is 26.8 Å². The molecule has 1 aromatic carbocycles. The van der Waals surface area contributed by atoms with Crippen LogP contribution in [0.25, 0.3) is 11.0 Å². The van der Waals surface area contributed by atoms with E-state index in [1.807, 2.05) is 22.8 Å². The van der Waals surface area contributed by atoms with E-state index in [9.17, 15) is 4.79 Å². The molecule has 1 aromatic heterocycles. The summed E-state index contributed by atoms with van der Waals surface area (Å²) in [6.45, 7) is 5.40. The Hall–Kier alpha value is -1.82. The third kappa shape index (κ3) is 3.64. The number of aryl methyl sites for hydroxylation is 1. The number of nitrogens with one attached hydrogen (secondary N) is 2. The molecule has 1 heterocycles. The second-order valence-electron chi connectivity index (χ2n) is 5.38. The van der Waals surface area contributed by atoms with Crippen molar-refractivity contribution in [2.75, 3.05) is 13.7 Å². The summed E-state index contributed by atoms with van der Waals surface area (Å²) >= 11 is 5.34. The Balaban J connectivity index is 2.14. The van der Waals surface area contributed by atoms with Crippen LogP contribution in [0.5, 0.6) is 5.75 Å². The molecule has 0 aliphatic carbocycles. The number of hydrogen-bond donors (Lipinski definition) is 2. The Bertz CT molecular complexity index is 688. The molecule has 2 rings (SSSR count). The monoisotopic (exact) mass is 307 g/mol. The van der Waals surface area contributed by atoms with Gasteiger partial charge >= 0.3 is 0 Å². The normalized spacial score (nSPS) is 11.0. The quantitative estimate of drug-likeness (QED) is 0.807. The molecule has 0 aliphatic heterocycles. The van der Waals surface area contributed by atoms with Crippen molar-refractivity contribution in [1.29, 1.82) is 0 Å². The predicted octanol–water partition coefficient (Wildman–Crippen LogP) is 2.87. The zero-order valence-corrected chi connectivity index (χ0v) is 13.4. The Morgan fingerprint density at radius 1 is 1.48 bits per heavy atom. The van der Waals surface area contributed by atoms with Gasteiger partial charge < -0.3 is 19.6 Å². The van der Waals surface area contributed by atoms with Crippen LogP contribution in [0.3, 0.4) is 0 Å². The van der Waals surface area contributed by atoms with Crippen LogP contribution < -0.4 is 10.1 Å². The van der Waals surface area contributed by atoms with Gasteiger partial charge in [0.15, 0.2) is 4.77 Å². The van der Waals surface area contributed by atoms with E-state index in [0.29, 0.717) is 30.2 Å². The fraction of sp³-hybridized carbons (Fsp3) is 0.467. The predicted molar refractivity (Wildman–Crippen MR) is 86.1 cm³/mol. The van der Waals surface area contributed by atoms with Crippen molar-refractivity contribution in [3.05, 3.63) is 23.0 Å². The van der Waals surface area contributed by atoms with Gasteiger partial charge in [0.25, 0.3) is 0 Å². The number of hydrogen-bond acceptors (Lipinski definition) is 3. The number of fused-ring (bicyclic) bond motifs is 1. The van der Waals surface area contributed by atoms with Crippen LogP contribution in [0, 0.1) is 10.7 Å². The minimum atomic E-state index is 0.0443. The van der Waals surface area contributed by atoms with E-state index in [4.69, 9.17) is 17.0 Å². The minimum Gasteiger partial charge on any atom is -0.494 e. The van der Waals surface area contributed by atoms with Crippen molar-refractivity contribution in [3.63, 3.8) is 0 Å². The molecule has 0 bridgehead atoms. The van der Waals surface area contributed by atoms with Crippen LogP contribution in [0.2, 0.25) is 0 Å². The lowest BCUT2D eigenvalue weighted by molar-refractivity contribution is -0.121. The average Bonchev–Trinajstić information content (AvgIpc) is 2.78. The summed E-state index contributed by atoms with van der Waals surface area (Å²) in [6, 6.07) is 5.77. The van der Waals surface area contributed by atoms with Crippen molar-refractivity contribution in [2.24, 2.45) is 5.92 Å². The fourth-order valence-corrected chi connectivity index (χ4v) is 2.46. The Labute approximate surface area is 129 Å². The third-order valence-corrected chi connectivity index (χ3v) is 3.58. The molecule has 21 heavy (non-hydrogen) atoms. The second-order valence-corrected chi connectivity index (χ2v) is 5.77. The molecule has 0 aliphatic rings. The van der Waals surface area contributed by atoms with E-state index in [1.54, 1.807) is 7.11 Å². The fourth-order valence-electron chi connectivity index (χ4n) is 2.17. The first-order valence-electron chi connectivity index (χ1n) is 7.05. The van der Waals surface area contributed by atoms with Crippen molar-refractivity contribution < 1.29 is 9.53 Å². The van der Waals surface area contributed by atoms with Gasteiger partial charge in [-0.15, -0.1) is 0 Å². The minimum absolute atomic E-state index is 0.0443. The average molecular weight is 307 g/mol. The van der Waals surface area contributed by atoms with Crippen molar-refractivity contribution >= 4 is 29.2 Å². The number of nitrogens with zero attached hydrogens (tertiary/aromatic N) is 1. The highest BCUT2D eigenvalue weighted by Gasteiger charge is 2.10. The van der Waals surface area contributed by atoms with Gasteiger partial charge in [0.1, 0.15) is 11.3 Å². The molecule has 0 unspecified atom stereocenters. The van der Waals surface area contributed by atoms with E-state index in [-0.39, 0.29) is 5.91 Å². The molecule has 2 aromatic rings. The van der Waals surface area contributed by atoms with Crippen LogP contribution in [0.15, 0.2) is 18.2 Å².